The molecule has 0 aliphatic rings. The van der Waals surface area contributed by atoms with Crippen molar-refractivity contribution in [2.24, 2.45) is 0 Å². The first-order valence-electron chi connectivity index (χ1n) is 4.89. The summed E-state index contributed by atoms with van der Waals surface area (Å²) in [6.45, 7) is 2.69. The van der Waals surface area contributed by atoms with Crippen molar-refractivity contribution in [2.45, 2.75) is 25.9 Å². The molecule has 0 spiro atoms. The second-order valence-electron chi connectivity index (χ2n) is 3.83. The molecule has 1 atom stereocenters. The van der Waals surface area contributed by atoms with Crippen molar-refractivity contribution in [3.63, 3.8) is 0 Å². The van der Waals surface area contributed by atoms with Crippen LogP contribution in [0.2, 0.25) is 0 Å². The van der Waals surface area contributed by atoms with Crippen molar-refractivity contribution in [1.29, 1.82) is 0 Å². The molecule has 4 nitrogen and oxygen atoms in total. The fourth-order valence-electron chi connectivity index (χ4n) is 1.18. The zero-order chi connectivity index (χ0) is 11.3. The van der Waals surface area contributed by atoms with Crippen LogP contribution < -0.4 is 5.32 Å². The van der Waals surface area contributed by atoms with E-state index in [2.05, 4.69) is 5.32 Å². The normalized spacial score (nSPS) is 14.0. The Morgan fingerprint density at radius 2 is 2.27 bits per heavy atom. The highest BCUT2D eigenvalue weighted by Crippen LogP contribution is 2.01. The molecule has 0 saturated heterocycles. The Labute approximate surface area is 90.6 Å². The Morgan fingerprint density at radius 3 is 2.80 bits per heavy atom. The van der Waals surface area contributed by atoms with E-state index in [1.807, 2.05) is 13.0 Å². The fourth-order valence-corrected chi connectivity index (χ4v) is 1.96. The summed E-state index contributed by atoms with van der Waals surface area (Å²) in [5.74, 6) is 0.229. The Balaban J connectivity index is 2.22. The minimum absolute atomic E-state index is 0.189. The lowest BCUT2D eigenvalue weighted by molar-refractivity contribution is 0.520. The lowest BCUT2D eigenvalue weighted by atomic mass is 10.2. The van der Waals surface area contributed by atoms with E-state index in [4.69, 9.17) is 4.42 Å². The van der Waals surface area contributed by atoms with Gasteiger partial charge in [0.15, 0.2) is 0 Å². The monoisotopic (exact) mass is 231 g/mol. The van der Waals surface area contributed by atoms with E-state index < -0.39 is 9.84 Å². The molecule has 0 bridgehead atoms. The van der Waals surface area contributed by atoms with Crippen LogP contribution in [0.3, 0.4) is 0 Å². The Bertz CT molecular complexity index is 369. The number of sulfone groups is 1. The van der Waals surface area contributed by atoms with Crippen molar-refractivity contribution >= 4 is 9.84 Å². The van der Waals surface area contributed by atoms with Crippen molar-refractivity contribution in [3.05, 3.63) is 24.2 Å². The minimum Gasteiger partial charge on any atom is -0.472 e. The molecule has 1 aromatic heterocycles. The van der Waals surface area contributed by atoms with Gasteiger partial charge in [0.25, 0.3) is 0 Å². The summed E-state index contributed by atoms with van der Waals surface area (Å²) in [5, 5.41) is 3.23. The lowest BCUT2D eigenvalue weighted by Crippen LogP contribution is -2.27. The molecular formula is C10H17NO3S. The summed E-state index contributed by atoms with van der Waals surface area (Å²) in [6.07, 6.45) is 5.20. The van der Waals surface area contributed by atoms with E-state index in [-0.39, 0.29) is 11.8 Å². The standard InChI is InChI=1S/C10H17NO3S/c1-9(4-6-15(2,12)13)11-7-10-3-5-14-8-10/h3,5,8-9,11H,4,6-7H2,1-2H3. The number of nitrogens with one attached hydrogen (secondary N) is 1. The summed E-state index contributed by atoms with van der Waals surface area (Å²) in [4.78, 5) is 0. The average molecular weight is 231 g/mol. The number of hydrogen-bond acceptors (Lipinski definition) is 4. The van der Waals surface area contributed by atoms with Crippen LogP contribution in [0.4, 0.5) is 0 Å². The predicted molar refractivity (Wildman–Crippen MR) is 59.3 cm³/mol. The van der Waals surface area contributed by atoms with Gasteiger partial charge in [-0.1, -0.05) is 0 Å². The largest absolute Gasteiger partial charge is 0.472 e. The topological polar surface area (TPSA) is 59.3 Å². The fraction of sp³-hybridized carbons (Fsp3) is 0.600. The van der Waals surface area contributed by atoms with Gasteiger partial charge in [0.05, 0.1) is 18.3 Å². The summed E-state index contributed by atoms with van der Waals surface area (Å²) >= 11 is 0. The van der Waals surface area contributed by atoms with E-state index in [1.165, 1.54) is 6.26 Å². The summed E-state index contributed by atoms with van der Waals surface area (Å²) in [5.41, 5.74) is 1.07. The van der Waals surface area contributed by atoms with Crippen LogP contribution in [0.1, 0.15) is 18.9 Å². The molecule has 86 valence electrons. The molecule has 0 aliphatic heterocycles. The van der Waals surface area contributed by atoms with Gasteiger partial charge in [-0.2, -0.15) is 0 Å². The third-order valence-corrected chi connectivity index (χ3v) is 3.13. The van der Waals surface area contributed by atoms with Crippen molar-refractivity contribution in [3.8, 4) is 0 Å². The first-order valence-corrected chi connectivity index (χ1v) is 6.95. The van der Waals surface area contributed by atoms with Crippen LogP contribution >= 0.6 is 0 Å². The van der Waals surface area contributed by atoms with Crippen molar-refractivity contribution < 1.29 is 12.8 Å². The van der Waals surface area contributed by atoms with Crippen LogP contribution in [-0.2, 0) is 16.4 Å². The van der Waals surface area contributed by atoms with Gasteiger partial charge in [-0.25, -0.2) is 8.42 Å². The molecule has 0 aromatic carbocycles. The third kappa shape index (κ3) is 5.59. The molecular weight excluding hydrogens is 214 g/mol. The molecule has 0 radical (unpaired) electrons. The van der Waals surface area contributed by atoms with Gasteiger partial charge >= 0.3 is 0 Å². The molecule has 0 amide bonds. The summed E-state index contributed by atoms with van der Waals surface area (Å²) in [7, 11) is -2.85. The molecule has 1 heterocycles. The quantitative estimate of drug-likeness (QED) is 0.799. The van der Waals surface area contributed by atoms with Crippen molar-refractivity contribution in [2.75, 3.05) is 12.0 Å². The highest BCUT2D eigenvalue weighted by molar-refractivity contribution is 7.90. The van der Waals surface area contributed by atoms with E-state index in [9.17, 15) is 8.42 Å². The first kappa shape index (κ1) is 12.3. The van der Waals surface area contributed by atoms with Gasteiger partial charge in [-0.3, -0.25) is 0 Å². The zero-order valence-electron chi connectivity index (χ0n) is 9.06. The van der Waals surface area contributed by atoms with Gasteiger partial charge in [0.1, 0.15) is 9.84 Å². The van der Waals surface area contributed by atoms with Crippen molar-refractivity contribution in [1.82, 2.24) is 5.32 Å². The second kappa shape index (κ2) is 5.32. The van der Waals surface area contributed by atoms with Crippen LogP contribution in [0.25, 0.3) is 0 Å². The van der Waals surface area contributed by atoms with E-state index in [0.29, 0.717) is 13.0 Å². The third-order valence-electron chi connectivity index (χ3n) is 2.16. The van der Waals surface area contributed by atoms with Gasteiger partial charge in [0, 0.05) is 24.4 Å². The maximum absolute atomic E-state index is 10.9. The molecule has 0 saturated carbocycles. The molecule has 15 heavy (non-hydrogen) atoms. The lowest BCUT2D eigenvalue weighted by Gasteiger charge is -2.11. The van der Waals surface area contributed by atoms with Gasteiger partial charge < -0.3 is 9.73 Å². The number of rotatable bonds is 6. The van der Waals surface area contributed by atoms with Gasteiger partial charge in [-0.15, -0.1) is 0 Å². The number of furan rings is 1. The number of hydrogen-bond donors (Lipinski definition) is 1. The van der Waals surface area contributed by atoms with Crippen LogP contribution in [0.15, 0.2) is 23.0 Å². The Hall–Kier alpha value is -0.810. The molecule has 1 unspecified atom stereocenters. The molecule has 1 N–H and O–H groups in total. The minimum atomic E-state index is -2.85. The Kier molecular flexibility index (Phi) is 4.35. The second-order valence-corrected chi connectivity index (χ2v) is 6.09. The van der Waals surface area contributed by atoms with Crippen LogP contribution in [0, 0.1) is 0 Å². The van der Waals surface area contributed by atoms with E-state index in [0.717, 1.165) is 5.56 Å². The SMILES string of the molecule is CC(CCS(C)(=O)=O)NCc1ccoc1. The summed E-state index contributed by atoms with van der Waals surface area (Å²) in [6, 6.07) is 2.07. The van der Waals surface area contributed by atoms with E-state index in [1.54, 1.807) is 12.5 Å². The molecule has 1 aromatic rings. The molecule has 0 aliphatic carbocycles. The smallest absolute Gasteiger partial charge is 0.147 e. The van der Waals surface area contributed by atoms with Gasteiger partial charge in [0.2, 0.25) is 0 Å². The highest BCUT2D eigenvalue weighted by atomic mass is 32.2. The molecule has 0 fully saturated rings. The highest BCUT2D eigenvalue weighted by Gasteiger charge is 2.07. The predicted octanol–water partition coefficient (Wildman–Crippen LogP) is 1.19. The van der Waals surface area contributed by atoms with Crippen LogP contribution in [-0.4, -0.2) is 26.5 Å². The zero-order valence-corrected chi connectivity index (χ0v) is 9.88. The molecule has 5 heteroatoms. The van der Waals surface area contributed by atoms with Crippen LogP contribution in [0.5, 0.6) is 0 Å². The molecule has 1 rings (SSSR count). The first-order chi connectivity index (χ1) is 6.97. The average Bonchev–Trinajstić information content (AvgIpc) is 2.62. The maximum Gasteiger partial charge on any atom is 0.147 e. The van der Waals surface area contributed by atoms with E-state index >= 15 is 0 Å². The van der Waals surface area contributed by atoms with Gasteiger partial charge in [-0.05, 0) is 19.4 Å². The summed E-state index contributed by atoms with van der Waals surface area (Å²) < 4.78 is 26.8. The maximum atomic E-state index is 10.9. The Morgan fingerprint density at radius 1 is 1.53 bits per heavy atom.